The normalized spacial score (nSPS) is 20.7. The molecule has 1 heterocycles. The molecule has 0 radical (unpaired) electrons. The number of anilines is 1. The number of ketones is 1. The molecule has 4 rings (SSSR count). The van der Waals surface area contributed by atoms with Gasteiger partial charge in [-0.3, -0.25) is 9.69 Å². The fourth-order valence-corrected chi connectivity index (χ4v) is 3.70. The number of amides is 1. The highest BCUT2D eigenvalue weighted by Gasteiger charge is 2.33. The Morgan fingerprint density at radius 2 is 1.67 bits per heavy atom. The van der Waals surface area contributed by atoms with Gasteiger partial charge in [-0.15, -0.1) is 0 Å². The van der Waals surface area contributed by atoms with E-state index < -0.39 is 6.29 Å². The largest absolute Gasteiger partial charge is 0.417 e. The third-order valence-electron chi connectivity index (χ3n) is 5.28. The first kappa shape index (κ1) is 17.7. The minimum absolute atomic E-state index is 0.365. The number of nitrogens with zero attached hydrogens (tertiary/aromatic N) is 1. The summed E-state index contributed by atoms with van der Waals surface area (Å²) < 4.78 is 11.1. The highest BCUT2D eigenvalue weighted by atomic mass is 16.7. The van der Waals surface area contributed by atoms with Crippen molar-refractivity contribution >= 4 is 17.6 Å². The van der Waals surface area contributed by atoms with E-state index in [1.165, 1.54) is 5.56 Å². The summed E-state index contributed by atoms with van der Waals surface area (Å²) in [5.74, 6) is 0.800. The van der Waals surface area contributed by atoms with Crippen LogP contribution in [0.15, 0.2) is 54.6 Å². The second kappa shape index (κ2) is 7.92. The van der Waals surface area contributed by atoms with Crippen LogP contribution < -0.4 is 4.90 Å². The monoisotopic (exact) mass is 365 g/mol. The number of Topliss-reactive ketones (excluding diaryl/α,β-unsaturated/α-hetero) is 1. The molecule has 2 aromatic carbocycles. The fraction of sp³-hybridized carbons (Fsp3) is 0.364. The number of hydrogen-bond donors (Lipinski definition) is 0. The molecule has 2 fully saturated rings. The molecule has 1 saturated carbocycles. The highest BCUT2D eigenvalue weighted by molar-refractivity contribution is 5.89. The first-order valence-corrected chi connectivity index (χ1v) is 9.44. The van der Waals surface area contributed by atoms with Crippen LogP contribution in [0, 0.1) is 0 Å². The first-order valence-electron chi connectivity index (χ1n) is 9.44. The van der Waals surface area contributed by atoms with E-state index in [0.29, 0.717) is 37.7 Å². The molecule has 2 aromatic rings. The van der Waals surface area contributed by atoms with Crippen molar-refractivity contribution in [3.05, 3.63) is 65.7 Å². The van der Waals surface area contributed by atoms with Gasteiger partial charge < -0.3 is 9.47 Å². The fourth-order valence-electron chi connectivity index (χ4n) is 3.70. The van der Waals surface area contributed by atoms with Gasteiger partial charge in [-0.05, 0) is 42.0 Å². The van der Waals surface area contributed by atoms with Crippen LogP contribution >= 0.6 is 0 Å². The molecule has 1 atom stereocenters. The summed E-state index contributed by atoms with van der Waals surface area (Å²) in [5, 5.41) is 0. The lowest BCUT2D eigenvalue weighted by molar-refractivity contribution is -0.120. The minimum atomic E-state index is -0.568. The second-order valence-electron chi connectivity index (χ2n) is 7.13. The van der Waals surface area contributed by atoms with Crippen molar-refractivity contribution in [1.82, 2.24) is 0 Å². The van der Waals surface area contributed by atoms with Crippen molar-refractivity contribution < 1.29 is 19.1 Å². The van der Waals surface area contributed by atoms with Crippen molar-refractivity contribution in [3.8, 4) is 0 Å². The van der Waals surface area contributed by atoms with Crippen LogP contribution in [0.1, 0.15) is 42.7 Å². The topological polar surface area (TPSA) is 55.8 Å². The van der Waals surface area contributed by atoms with E-state index >= 15 is 0 Å². The number of carbonyl (C=O) groups is 2. The summed E-state index contributed by atoms with van der Waals surface area (Å²) in [6.45, 7) is 0.787. The zero-order chi connectivity index (χ0) is 18.6. The molecule has 0 spiro atoms. The Morgan fingerprint density at radius 3 is 2.37 bits per heavy atom. The van der Waals surface area contributed by atoms with E-state index in [4.69, 9.17) is 9.47 Å². The number of cyclic esters (lactones) is 1. The first-order chi connectivity index (χ1) is 13.2. The Balaban J connectivity index is 1.35. The standard InChI is InChI=1S/C22H23NO4/c24-20-12-8-18(9-13-20)17-6-10-19(11-7-17)23-14-21(27-22(23)25)26-15-16-4-2-1-3-5-16/h1-7,10-11,18,21H,8-9,12-15H2/t21-/m0/s1. The molecule has 0 bridgehead atoms. The van der Waals surface area contributed by atoms with Gasteiger partial charge in [0.15, 0.2) is 0 Å². The van der Waals surface area contributed by atoms with Crippen molar-refractivity contribution in [2.24, 2.45) is 0 Å². The van der Waals surface area contributed by atoms with Crippen LogP contribution in [0.25, 0.3) is 0 Å². The van der Waals surface area contributed by atoms with Crippen LogP contribution in [0.2, 0.25) is 0 Å². The van der Waals surface area contributed by atoms with Gasteiger partial charge >= 0.3 is 6.09 Å². The Hall–Kier alpha value is -2.66. The molecule has 1 saturated heterocycles. The smallest absolute Gasteiger partial charge is 0.416 e. The predicted octanol–water partition coefficient (Wildman–Crippen LogP) is 4.41. The third kappa shape index (κ3) is 4.19. The molecular weight excluding hydrogens is 342 g/mol. The maximum Gasteiger partial charge on any atom is 0.416 e. The summed E-state index contributed by atoms with van der Waals surface area (Å²) in [6, 6.07) is 17.8. The van der Waals surface area contributed by atoms with Crippen molar-refractivity contribution in [3.63, 3.8) is 0 Å². The van der Waals surface area contributed by atoms with Gasteiger partial charge in [-0.2, -0.15) is 0 Å². The minimum Gasteiger partial charge on any atom is -0.417 e. The van der Waals surface area contributed by atoms with E-state index in [-0.39, 0.29) is 6.09 Å². The Morgan fingerprint density at radius 1 is 0.963 bits per heavy atom. The molecule has 1 aliphatic carbocycles. The van der Waals surface area contributed by atoms with Crippen LogP contribution in [0.3, 0.4) is 0 Å². The number of rotatable bonds is 5. The Labute approximate surface area is 158 Å². The van der Waals surface area contributed by atoms with E-state index in [1.807, 2.05) is 42.5 Å². The highest BCUT2D eigenvalue weighted by Crippen LogP contribution is 2.32. The predicted molar refractivity (Wildman–Crippen MR) is 102 cm³/mol. The molecule has 2 aliphatic rings. The molecule has 1 amide bonds. The van der Waals surface area contributed by atoms with E-state index in [2.05, 4.69) is 12.1 Å². The summed E-state index contributed by atoms with van der Waals surface area (Å²) in [5.41, 5.74) is 3.08. The summed E-state index contributed by atoms with van der Waals surface area (Å²) >= 11 is 0. The molecule has 0 aromatic heterocycles. The van der Waals surface area contributed by atoms with Gasteiger partial charge in [0.2, 0.25) is 6.29 Å². The van der Waals surface area contributed by atoms with Crippen molar-refractivity contribution in [2.45, 2.75) is 44.5 Å². The Bertz CT molecular complexity index is 793. The van der Waals surface area contributed by atoms with Gasteiger partial charge in [0.25, 0.3) is 0 Å². The quantitative estimate of drug-likeness (QED) is 0.787. The number of benzene rings is 2. The van der Waals surface area contributed by atoms with Gasteiger partial charge in [-0.25, -0.2) is 4.79 Å². The maximum absolute atomic E-state index is 12.2. The summed E-state index contributed by atoms with van der Waals surface area (Å²) in [6.07, 6.45) is 2.22. The zero-order valence-electron chi connectivity index (χ0n) is 15.2. The average Bonchev–Trinajstić information content (AvgIpc) is 3.09. The zero-order valence-corrected chi connectivity index (χ0v) is 15.2. The van der Waals surface area contributed by atoms with E-state index in [0.717, 1.165) is 24.1 Å². The summed E-state index contributed by atoms with van der Waals surface area (Å²) in [7, 11) is 0. The van der Waals surface area contributed by atoms with Crippen LogP contribution in [0.5, 0.6) is 0 Å². The van der Waals surface area contributed by atoms with E-state index in [9.17, 15) is 9.59 Å². The molecule has 5 nitrogen and oxygen atoms in total. The number of ether oxygens (including phenoxy) is 2. The molecule has 0 N–H and O–H groups in total. The second-order valence-corrected chi connectivity index (χ2v) is 7.13. The van der Waals surface area contributed by atoms with Gasteiger partial charge in [0.05, 0.1) is 13.2 Å². The van der Waals surface area contributed by atoms with Crippen LogP contribution in [-0.2, 0) is 20.9 Å². The molecular formula is C22H23NO4. The lowest BCUT2D eigenvalue weighted by Gasteiger charge is -2.22. The molecule has 140 valence electrons. The van der Waals surface area contributed by atoms with Crippen LogP contribution in [-0.4, -0.2) is 24.7 Å². The molecule has 27 heavy (non-hydrogen) atoms. The lowest BCUT2D eigenvalue weighted by Crippen LogP contribution is -2.25. The molecule has 1 aliphatic heterocycles. The number of carbonyl (C=O) groups excluding carboxylic acids is 2. The average molecular weight is 365 g/mol. The van der Waals surface area contributed by atoms with Gasteiger partial charge in [0.1, 0.15) is 5.78 Å². The molecule has 5 heteroatoms. The molecule has 0 unspecified atom stereocenters. The third-order valence-corrected chi connectivity index (χ3v) is 5.28. The van der Waals surface area contributed by atoms with Gasteiger partial charge in [-0.1, -0.05) is 42.5 Å². The van der Waals surface area contributed by atoms with Gasteiger partial charge in [0, 0.05) is 18.5 Å². The van der Waals surface area contributed by atoms with Crippen LogP contribution in [0.4, 0.5) is 10.5 Å². The van der Waals surface area contributed by atoms with Crippen molar-refractivity contribution in [1.29, 1.82) is 0 Å². The maximum atomic E-state index is 12.2. The SMILES string of the molecule is O=C1CCC(c2ccc(N3C[C@@H](OCc4ccccc4)OC3=O)cc2)CC1. The summed E-state index contributed by atoms with van der Waals surface area (Å²) in [4.78, 5) is 25.2. The lowest BCUT2D eigenvalue weighted by atomic mass is 9.83. The van der Waals surface area contributed by atoms with E-state index in [1.54, 1.807) is 4.90 Å². The number of hydrogen-bond acceptors (Lipinski definition) is 4. The Kier molecular flexibility index (Phi) is 5.21. The van der Waals surface area contributed by atoms with Crippen molar-refractivity contribution in [2.75, 3.05) is 11.4 Å².